The van der Waals surface area contributed by atoms with Gasteiger partial charge in [0.25, 0.3) is 0 Å². The third kappa shape index (κ3) is 4.45. The third-order valence-corrected chi connectivity index (χ3v) is 5.78. The average molecular weight is 382 g/mol. The summed E-state index contributed by atoms with van der Waals surface area (Å²) in [6.45, 7) is 0. The van der Waals surface area contributed by atoms with Gasteiger partial charge in [-0.05, 0) is 36.8 Å². The van der Waals surface area contributed by atoms with Crippen LogP contribution in [0.5, 0.6) is 0 Å². The van der Waals surface area contributed by atoms with E-state index < -0.39 is 9.84 Å². The Balaban J connectivity index is 2.17. The van der Waals surface area contributed by atoms with Crippen molar-refractivity contribution in [1.29, 1.82) is 0 Å². The molecule has 1 aromatic carbocycles. The second kappa shape index (κ2) is 6.88. The molecule has 122 valence electrons. The maximum atomic E-state index is 11.7. The van der Waals surface area contributed by atoms with Gasteiger partial charge in [0.2, 0.25) is 0 Å². The standard InChI is InChI=1S/C13H17Cl2N3O2S2/c1-17(2)18(12-3-4-22(19,20)8-12)13(21)16-11-6-9(14)5-10(15)7-11/h5-7,12H,3-4,8H2,1-2H3,(H,16,21)/t12-/m1/s1. The number of sulfone groups is 1. The molecule has 0 aromatic heterocycles. The molecule has 0 aliphatic carbocycles. The molecule has 9 heteroatoms. The van der Waals surface area contributed by atoms with Crippen molar-refractivity contribution in [2.45, 2.75) is 12.5 Å². The number of halogens is 2. The van der Waals surface area contributed by atoms with Gasteiger partial charge in [0.1, 0.15) is 0 Å². The zero-order valence-electron chi connectivity index (χ0n) is 12.2. The predicted octanol–water partition coefficient (Wildman–Crippen LogP) is 2.66. The molecule has 22 heavy (non-hydrogen) atoms. The second-order valence-electron chi connectivity index (χ2n) is 5.34. The highest BCUT2D eigenvalue weighted by molar-refractivity contribution is 7.91. The average Bonchev–Trinajstić information content (AvgIpc) is 2.67. The smallest absolute Gasteiger partial charge is 0.188 e. The van der Waals surface area contributed by atoms with Crippen LogP contribution >= 0.6 is 35.4 Å². The van der Waals surface area contributed by atoms with Crippen LogP contribution in [-0.2, 0) is 9.84 Å². The topological polar surface area (TPSA) is 52.6 Å². The van der Waals surface area contributed by atoms with Crippen molar-refractivity contribution in [3.63, 3.8) is 0 Å². The second-order valence-corrected chi connectivity index (χ2v) is 8.83. The molecule has 0 spiro atoms. The van der Waals surface area contributed by atoms with Crippen LogP contribution in [0.1, 0.15) is 6.42 Å². The van der Waals surface area contributed by atoms with Gasteiger partial charge in [0.05, 0.1) is 17.5 Å². The molecular weight excluding hydrogens is 365 g/mol. The number of nitrogens with one attached hydrogen (secondary N) is 1. The molecule has 0 saturated carbocycles. The van der Waals surface area contributed by atoms with Crippen LogP contribution in [0.3, 0.4) is 0 Å². The fraction of sp³-hybridized carbons (Fsp3) is 0.462. The minimum absolute atomic E-state index is 0.100. The molecule has 1 heterocycles. The van der Waals surface area contributed by atoms with E-state index in [2.05, 4.69) is 5.32 Å². The zero-order valence-corrected chi connectivity index (χ0v) is 15.4. The van der Waals surface area contributed by atoms with Gasteiger partial charge in [-0.15, -0.1) is 0 Å². The molecular formula is C13H17Cl2N3O2S2. The maximum Gasteiger partial charge on any atom is 0.188 e. The number of nitrogens with zero attached hydrogens (tertiary/aromatic N) is 2. The van der Waals surface area contributed by atoms with Crippen molar-refractivity contribution in [2.24, 2.45) is 0 Å². The quantitative estimate of drug-likeness (QED) is 0.641. The van der Waals surface area contributed by atoms with Crippen molar-refractivity contribution < 1.29 is 8.42 Å². The Morgan fingerprint density at radius 2 is 1.86 bits per heavy atom. The monoisotopic (exact) mass is 381 g/mol. The SMILES string of the molecule is CN(C)N(C(=S)Nc1cc(Cl)cc(Cl)c1)[C@@H]1CCS(=O)(=O)C1. The number of anilines is 1. The van der Waals surface area contributed by atoms with Crippen LogP contribution in [-0.4, -0.2) is 55.2 Å². The number of hydrogen-bond donors (Lipinski definition) is 1. The van der Waals surface area contributed by atoms with Crippen molar-refractivity contribution in [1.82, 2.24) is 10.0 Å². The van der Waals surface area contributed by atoms with Gasteiger partial charge in [-0.3, -0.25) is 5.01 Å². The fourth-order valence-corrected chi connectivity index (χ4v) is 5.10. The molecule has 5 nitrogen and oxygen atoms in total. The summed E-state index contributed by atoms with van der Waals surface area (Å²) in [7, 11) is 0.655. The lowest BCUT2D eigenvalue weighted by atomic mass is 10.2. The van der Waals surface area contributed by atoms with Crippen LogP contribution < -0.4 is 5.32 Å². The fourth-order valence-electron chi connectivity index (χ4n) is 2.45. The van der Waals surface area contributed by atoms with Crippen molar-refractivity contribution in [3.8, 4) is 0 Å². The van der Waals surface area contributed by atoms with Gasteiger partial charge in [-0.1, -0.05) is 23.2 Å². The van der Waals surface area contributed by atoms with E-state index in [1.165, 1.54) is 0 Å². The molecule has 0 radical (unpaired) electrons. The summed E-state index contributed by atoms with van der Waals surface area (Å²) < 4.78 is 23.4. The predicted molar refractivity (Wildman–Crippen MR) is 95.3 cm³/mol. The van der Waals surface area contributed by atoms with Gasteiger partial charge >= 0.3 is 0 Å². The van der Waals surface area contributed by atoms with E-state index in [1.807, 2.05) is 14.1 Å². The summed E-state index contributed by atoms with van der Waals surface area (Å²) >= 11 is 17.4. The number of benzene rings is 1. The first-order chi connectivity index (χ1) is 10.2. The zero-order chi connectivity index (χ0) is 16.5. The highest BCUT2D eigenvalue weighted by atomic mass is 35.5. The molecule has 2 rings (SSSR count). The Morgan fingerprint density at radius 3 is 2.32 bits per heavy atom. The minimum Gasteiger partial charge on any atom is -0.331 e. The normalized spacial score (nSPS) is 20.1. The summed E-state index contributed by atoms with van der Waals surface area (Å²) in [5.41, 5.74) is 0.662. The number of rotatable bonds is 3. The van der Waals surface area contributed by atoms with Crippen molar-refractivity contribution in [3.05, 3.63) is 28.2 Å². The summed E-state index contributed by atoms with van der Waals surface area (Å²) in [5, 5.41) is 8.02. The molecule has 1 atom stereocenters. The Kier molecular flexibility index (Phi) is 5.55. The Labute approximate surface area is 146 Å². The van der Waals surface area contributed by atoms with Crippen LogP contribution in [0.25, 0.3) is 0 Å². The van der Waals surface area contributed by atoms with E-state index in [-0.39, 0.29) is 17.5 Å². The third-order valence-electron chi connectivity index (χ3n) is 3.31. The Bertz CT molecular complexity index is 660. The molecule has 1 saturated heterocycles. The summed E-state index contributed by atoms with van der Waals surface area (Å²) in [6.07, 6.45) is 0.554. The molecule has 0 bridgehead atoms. The Morgan fingerprint density at radius 1 is 1.27 bits per heavy atom. The molecule has 1 N–H and O–H groups in total. The van der Waals surface area contributed by atoms with Crippen LogP contribution in [0.2, 0.25) is 10.0 Å². The maximum absolute atomic E-state index is 11.7. The van der Waals surface area contributed by atoms with Gasteiger partial charge in [-0.25, -0.2) is 13.4 Å². The largest absolute Gasteiger partial charge is 0.331 e. The highest BCUT2D eigenvalue weighted by Gasteiger charge is 2.34. The van der Waals surface area contributed by atoms with Gasteiger partial charge in [0.15, 0.2) is 14.9 Å². The van der Waals surface area contributed by atoms with E-state index >= 15 is 0 Å². The van der Waals surface area contributed by atoms with Crippen LogP contribution in [0.15, 0.2) is 18.2 Å². The lowest BCUT2D eigenvalue weighted by Gasteiger charge is -2.36. The van der Waals surface area contributed by atoms with Crippen LogP contribution in [0.4, 0.5) is 5.69 Å². The van der Waals surface area contributed by atoms with E-state index in [9.17, 15) is 8.42 Å². The number of hydrazine groups is 1. The van der Waals surface area contributed by atoms with E-state index in [1.54, 1.807) is 28.2 Å². The van der Waals surface area contributed by atoms with Gasteiger partial charge in [0, 0.05) is 29.8 Å². The first-order valence-electron chi connectivity index (χ1n) is 6.62. The number of thiocarbonyl (C=S) groups is 1. The van der Waals surface area contributed by atoms with Crippen LogP contribution in [0, 0.1) is 0 Å². The van der Waals surface area contributed by atoms with Crippen molar-refractivity contribution in [2.75, 3.05) is 30.9 Å². The first kappa shape index (κ1) is 17.7. The number of hydrogen-bond acceptors (Lipinski definition) is 4. The molecule has 1 aliphatic heterocycles. The lowest BCUT2D eigenvalue weighted by Crippen LogP contribution is -2.51. The van der Waals surface area contributed by atoms with E-state index in [0.717, 1.165) is 0 Å². The molecule has 1 aromatic rings. The Hall–Kier alpha value is -0.600. The van der Waals surface area contributed by atoms with E-state index in [4.69, 9.17) is 35.4 Å². The first-order valence-corrected chi connectivity index (χ1v) is 9.60. The lowest BCUT2D eigenvalue weighted by molar-refractivity contribution is 0.0757. The van der Waals surface area contributed by atoms with Crippen molar-refractivity contribution >= 4 is 56.1 Å². The molecule has 0 amide bonds. The van der Waals surface area contributed by atoms with Gasteiger partial charge < -0.3 is 5.32 Å². The summed E-state index contributed by atoms with van der Waals surface area (Å²) in [6, 6.07) is 4.87. The minimum atomic E-state index is -2.99. The molecule has 1 aliphatic rings. The molecule has 0 unspecified atom stereocenters. The summed E-state index contributed by atoms with van der Waals surface area (Å²) in [4.78, 5) is 0. The summed E-state index contributed by atoms with van der Waals surface area (Å²) in [5.74, 6) is 0.289. The van der Waals surface area contributed by atoms with E-state index in [0.29, 0.717) is 27.3 Å². The molecule has 1 fully saturated rings. The highest BCUT2D eigenvalue weighted by Crippen LogP contribution is 2.24. The van der Waals surface area contributed by atoms with Gasteiger partial charge in [-0.2, -0.15) is 0 Å².